The molecular weight excluding hydrogens is 631 g/mol. The molecule has 0 fully saturated rings. The smallest absolute Gasteiger partial charge is 0.0541 e. The van der Waals surface area contributed by atoms with Crippen LogP contribution < -0.4 is 4.90 Å². The molecule has 52 heavy (non-hydrogen) atoms. The van der Waals surface area contributed by atoms with Crippen LogP contribution in [0.4, 0.5) is 17.1 Å². The van der Waals surface area contributed by atoms with Crippen LogP contribution in [0.3, 0.4) is 0 Å². The molecule has 0 atom stereocenters. The molecule has 0 unspecified atom stereocenters. The lowest BCUT2D eigenvalue weighted by molar-refractivity contribution is 1.17. The third kappa shape index (κ3) is 4.90. The molecule has 0 saturated heterocycles. The van der Waals surface area contributed by atoms with Crippen LogP contribution in [-0.2, 0) is 0 Å². The lowest BCUT2D eigenvalue weighted by atomic mass is 10.0. The predicted molar refractivity (Wildman–Crippen MR) is 220 cm³/mol. The van der Waals surface area contributed by atoms with Gasteiger partial charge in [0, 0.05) is 50.0 Å². The molecule has 0 spiro atoms. The summed E-state index contributed by atoms with van der Waals surface area (Å²) in [6.45, 7) is 2.17. The van der Waals surface area contributed by atoms with Crippen LogP contribution in [0.25, 0.3) is 66.1 Å². The minimum absolute atomic E-state index is 1.11. The van der Waals surface area contributed by atoms with Crippen LogP contribution in [0.5, 0.6) is 0 Å². The summed E-state index contributed by atoms with van der Waals surface area (Å²) in [6, 6.07) is 70.2. The Morgan fingerprint density at radius 3 is 1.40 bits per heavy atom. The molecular formula is C49H35N3. The Morgan fingerprint density at radius 2 is 0.769 bits per heavy atom. The second kappa shape index (κ2) is 12.2. The number of anilines is 3. The Kier molecular flexibility index (Phi) is 7.04. The van der Waals surface area contributed by atoms with E-state index < -0.39 is 0 Å². The highest BCUT2D eigenvalue weighted by molar-refractivity contribution is 6.11. The van der Waals surface area contributed by atoms with Gasteiger partial charge in [-0.1, -0.05) is 103 Å². The van der Waals surface area contributed by atoms with E-state index in [1.165, 1.54) is 66.0 Å². The third-order valence-corrected chi connectivity index (χ3v) is 10.4. The van der Waals surface area contributed by atoms with Crippen molar-refractivity contribution in [3.8, 4) is 22.5 Å². The number of fused-ring (bicyclic) bond motifs is 6. The van der Waals surface area contributed by atoms with Gasteiger partial charge in [-0.05, 0) is 115 Å². The number of hydrogen-bond donors (Lipinski definition) is 0. The van der Waals surface area contributed by atoms with E-state index in [1.807, 2.05) is 0 Å². The third-order valence-electron chi connectivity index (χ3n) is 10.4. The average molecular weight is 666 g/mol. The fraction of sp³-hybridized carbons (Fsp3) is 0.0204. The normalized spacial score (nSPS) is 11.6. The monoisotopic (exact) mass is 665 g/mol. The van der Waals surface area contributed by atoms with Crippen LogP contribution in [0.15, 0.2) is 194 Å². The number of nitrogens with zero attached hydrogens (tertiary/aromatic N) is 3. The second-order valence-corrected chi connectivity index (χ2v) is 13.5. The molecule has 3 heteroatoms. The molecule has 246 valence electrons. The quantitative estimate of drug-likeness (QED) is 0.172. The van der Waals surface area contributed by atoms with E-state index in [1.54, 1.807) is 0 Å². The summed E-state index contributed by atoms with van der Waals surface area (Å²) in [4.78, 5) is 2.33. The zero-order valence-corrected chi connectivity index (χ0v) is 28.8. The van der Waals surface area contributed by atoms with Gasteiger partial charge in [0.15, 0.2) is 0 Å². The summed E-state index contributed by atoms with van der Waals surface area (Å²) in [7, 11) is 0. The first kappa shape index (κ1) is 30.0. The first-order chi connectivity index (χ1) is 25.7. The molecule has 0 radical (unpaired) electrons. The van der Waals surface area contributed by atoms with Gasteiger partial charge in [0.05, 0.1) is 22.1 Å². The van der Waals surface area contributed by atoms with Crippen molar-refractivity contribution in [3.05, 3.63) is 200 Å². The maximum atomic E-state index is 2.38. The van der Waals surface area contributed by atoms with Gasteiger partial charge in [-0.2, -0.15) is 0 Å². The fourth-order valence-electron chi connectivity index (χ4n) is 7.95. The highest BCUT2D eigenvalue weighted by atomic mass is 15.1. The molecule has 0 aliphatic rings. The Labute approximate surface area is 302 Å². The minimum Gasteiger partial charge on any atom is -0.311 e. The molecule has 0 bridgehead atoms. The van der Waals surface area contributed by atoms with Crippen molar-refractivity contribution >= 4 is 60.7 Å². The van der Waals surface area contributed by atoms with Gasteiger partial charge in [-0.25, -0.2) is 0 Å². The fourth-order valence-corrected chi connectivity index (χ4v) is 7.95. The van der Waals surface area contributed by atoms with Crippen LogP contribution in [0.2, 0.25) is 0 Å². The molecule has 0 saturated carbocycles. The molecule has 2 heterocycles. The van der Waals surface area contributed by atoms with Crippen molar-refractivity contribution in [2.45, 2.75) is 6.92 Å². The predicted octanol–water partition coefficient (Wildman–Crippen LogP) is 13.3. The van der Waals surface area contributed by atoms with E-state index in [9.17, 15) is 0 Å². The van der Waals surface area contributed by atoms with Crippen molar-refractivity contribution in [1.29, 1.82) is 0 Å². The highest BCUT2D eigenvalue weighted by Gasteiger charge is 2.17. The highest BCUT2D eigenvalue weighted by Crippen LogP contribution is 2.39. The Bertz CT molecular complexity index is 2830. The first-order valence-corrected chi connectivity index (χ1v) is 17.9. The van der Waals surface area contributed by atoms with Crippen molar-refractivity contribution in [2.24, 2.45) is 0 Å². The zero-order valence-electron chi connectivity index (χ0n) is 28.8. The average Bonchev–Trinajstić information content (AvgIpc) is 3.71. The molecule has 10 rings (SSSR count). The molecule has 10 aromatic rings. The molecule has 0 aliphatic heterocycles. The minimum atomic E-state index is 1.11. The van der Waals surface area contributed by atoms with Crippen molar-refractivity contribution < 1.29 is 0 Å². The maximum absolute atomic E-state index is 2.38. The van der Waals surface area contributed by atoms with E-state index >= 15 is 0 Å². The molecule has 3 nitrogen and oxygen atoms in total. The van der Waals surface area contributed by atoms with Gasteiger partial charge in [0.25, 0.3) is 0 Å². The number of aryl methyl sites for hydroxylation is 1. The van der Waals surface area contributed by atoms with Gasteiger partial charge < -0.3 is 14.0 Å². The van der Waals surface area contributed by atoms with Crippen LogP contribution in [0, 0.1) is 6.92 Å². The maximum Gasteiger partial charge on any atom is 0.0541 e. The SMILES string of the molecule is Cc1ccc2c(c1)c1cc(-c3ccc(N(c4ccccc4)c4ccc(-n5c6ccccc6c6ccccc65)cc4)cc3)ccc1n2-c1ccccc1. The summed E-state index contributed by atoms with van der Waals surface area (Å²) in [5.74, 6) is 0. The Balaban J connectivity index is 1.04. The topological polar surface area (TPSA) is 13.1 Å². The zero-order chi connectivity index (χ0) is 34.6. The number of para-hydroxylation sites is 4. The number of benzene rings is 8. The largest absolute Gasteiger partial charge is 0.311 e. The van der Waals surface area contributed by atoms with E-state index in [4.69, 9.17) is 0 Å². The lowest BCUT2D eigenvalue weighted by Crippen LogP contribution is -2.10. The second-order valence-electron chi connectivity index (χ2n) is 13.5. The molecule has 8 aromatic carbocycles. The van der Waals surface area contributed by atoms with Crippen LogP contribution in [-0.4, -0.2) is 9.13 Å². The van der Waals surface area contributed by atoms with Gasteiger partial charge >= 0.3 is 0 Å². The van der Waals surface area contributed by atoms with Crippen molar-refractivity contribution in [2.75, 3.05) is 4.90 Å². The molecule has 2 aromatic heterocycles. The number of hydrogen-bond acceptors (Lipinski definition) is 1. The van der Waals surface area contributed by atoms with Crippen molar-refractivity contribution in [1.82, 2.24) is 9.13 Å². The van der Waals surface area contributed by atoms with Gasteiger partial charge in [0.1, 0.15) is 0 Å². The van der Waals surface area contributed by atoms with Crippen LogP contribution in [0.1, 0.15) is 5.56 Å². The van der Waals surface area contributed by atoms with E-state index in [0.29, 0.717) is 0 Å². The van der Waals surface area contributed by atoms with Crippen LogP contribution >= 0.6 is 0 Å². The van der Waals surface area contributed by atoms with Gasteiger partial charge in [0.2, 0.25) is 0 Å². The Hall–Kier alpha value is -6.84. The molecule has 0 aliphatic carbocycles. The van der Waals surface area contributed by atoms with Gasteiger partial charge in [-0.15, -0.1) is 0 Å². The summed E-state index contributed by atoms with van der Waals surface area (Å²) in [5.41, 5.74) is 14.2. The lowest BCUT2D eigenvalue weighted by Gasteiger charge is -2.26. The van der Waals surface area contributed by atoms with E-state index in [0.717, 1.165) is 22.7 Å². The Morgan fingerprint density at radius 1 is 0.327 bits per heavy atom. The number of aromatic nitrogens is 2. The summed E-state index contributed by atoms with van der Waals surface area (Å²) in [5, 5.41) is 5.07. The summed E-state index contributed by atoms with van der Waals surface area (Å²) in [6.07, 6.45) is 0. The summed E-state index contributed by atoms with van der Waals surface area (Å²) >= 11 is 0. The first-order valence-electron chi connectivity index (χ1n) is 17.9. The van der Waals surface area contributed by atoms with E-state index in [-0.39, 0.29) is 0 Å². The van der Waals surface area contributed by atoms with Crippen molar-refractivity contribution in [3.63, 3.8) is 0 Å². The number of rotatable bonds is 6. The van der Waals surface area contributed by atoms with Gasteiger partial charge in [-0.3, -0.25) is 0 Å². The molecule has 0 N–H and O–H groups in total. The standard InChI is InChI=1S/C49H35N3/c1-34-20-30-48-44(32-34)45-33-36(23-31-49(45)51(48)38-14-6-3-7-15-38)35-21-24-39(25-22-35)50(37-12-4-2-5-13-37)40-26-28-41(29-27-40)52-46-18-10-8-16-42(46)43-17-9-11-19-47(43)52/h2-33H,1H3. The van der Waals surface area contributed by atoms with E-state index in [2.05, 4.69) is 215 Å². The summed E-state index contributed by atoms with van der Waals surface area (Å²) < 4.78 is 4.74. The molecule has 0 amide bonds.